The standard InChI is InChI=1S/C27H33N5O4S/c1-16(28-24(33)18-15-17(18)23-29-19-7-5-6-8-20(19)30-23)21-9-10-22(37-21)25(34)31-11-13-32(14-12-31)26(35)36-27(2,3)4/h5-10,16-18H,11-15H2,1-4H3,(H,28,33)(H,29,30)/t16?,17-,18-/m1/s1. The Hall–Kier alpha value is -3.40. The van der Waals surface area contributed by atoms with Crippen LogP contribution in [0.3, 0.4) is 0 Å². The molecule has 2 aliphatic rings. The fraction of sp³-hybridized carbons (Fsp3) is 0.481. The number of amides is 3. The van der Waals surface area contributed by atoms with E-state index in [1.54, 1.807) is 9.80 Å². The molecular weight excluding hydrogens is 490 g/mol. The molecule has 1 unspecified atom stereocenters. The third-order valence-corrected chi connectivity index (χ3v) is 7.98. The van der Waals surface area contributed by atoms with Crippen molar-refractivity contribution < 1.29 is 19.1 Å². The van der Waals surface area contributed by atoms with Gasteiger partial charge >= 0.3 is 6.09 Å². The second kappa shape index (κ2) is 9.81. The SMILES string of the molecule is CC(NC(=O)[C@@H]1C[C@H]1c1nc2ccccc2[nH]1)c1ccc(C(=O)N2CCN(C(=O)OC(C)(C)C)CC2)s1. The summed E-state index contributed by atoms with van der Waals surface area (Å²) in [4.78, 5) is 51.2. The summed E-state index contributed by atoms with van der Waals surface area (Å²) >= 11 is 1.40. The zero-order valence-electron chi connectivity index (χ0n) is 21.6. The van der Waals surface area contributed by atoms with Crippen molar-refractivity contribution >= 4 is 40.3 Å². The summed E-state index contributed by atoms with van der Waals surface area (Å²) in [5.41, 5.74) is 1.36. The number of nitrogens with one attached hydrogen (secondary N) is 2. The minimum absolute atomic E-state index is 0.0116. The highest BCUT2D eigenvalue weighted by atomic mass is 32.1. The largest absolute Gasteiger partial charge is 0.444 e. The number of hydrogen-bond donors (Lipinski definition) is 2. The maximum Gasteiger partial charge on any atom is 0.410 e. The normalized spacial score (nSPS) is 20.5. The van der Waals surface area contributed by atoms with Crippen LogP contribution >= 0.6 is 11.3 Å². The molecule has 3 heterocycles. The Bertz CT molecular complexity index is 1280. The number of para-hydroxylation sites is 2. The molecule has 2 aromatic heterocycles. The second-order valence-electron chi connectivity index (χ2n) is 10.8. The maximum absolute atomic E-state index is 13.1. The molecule has 1 aromatic carbocycles. The molecule has 2 N–H and O–H groups in total. The van der Waals surface area contributed by atoms with E-state index in [0.717, 1.165) is 28.2 Å². The quantitative estimate of drug-likeness (QED) is 0.519. The second-order valence-corrected chi connectivity index (χ2v) is 11.9. The van der Waals surface area contributed by atoms with Gasteiger partial charge in [-0.1, -0.05) is 12.1 Å². The first-order valence-electron chi connectivity index (χ1n) is 12.7. The van der Waals surface area contributed by atoms with Crippen LogP contribution in [0.4, 0.5) is 4.79 Å². The fourth-order valence-electron chi connectivity index (χ4n) is 4.60. The molecular formula is C27H33N5O4S. The molecule has 10 heteroatoms. The van der Waals surface area contributed by atoms with Crippen LogP contribution in [0.25, 0.3) is 11.0 Å². The third kappa shape index (κ3) is 5.64. The maximum atomic E-state index is 13.1. The minimum Gasteiger partial charge on any atom is -0.444 e. The summed E-state index contributed by atoms with van der Waals surface area (Å²) in [6.45, 7) is 9.27. The van der Waals surface area contributed by atoms with Crippen LogP contribution in [-0.2, 0) is 9.53 Å². The van der Waals surface area contributed by atoms with Crippen LogP contribution in [0.15, 0.2) is 36.4 Å². The lowest BCUT2D eigenvalue weighted by molar-refractivity contribution is -0.123. The summed E-state index contributed by atoms with van der Waals surface area (Å²) in [5, 5.41) is 3.11. The Balaban J connectivity index is 1.12. The Kier molecular flexibility index (Phi) is 6.70. The van der Waals surface area contributed by atoms with E-state index in [4.69, 9.17) is 4.74 Å². The first-order valence-corrected chi connectivity index (χ1v) is 13.5. The van der Waals surface area contributed by atoms with Crippen LogP contribution in [0.2, 0.25) is 0 Å². The van der Waals surface area contributed by atoms with Crippen molar-refractivity contribution in [1.29, 1.82) is 0 Å². The third-order valence-electron chi connectivity index (χ3n) is 6.73. The number of nitrogens with zero attached hydrogens (tertiary/aromatic N) is 3. The molecule has 9 nitrogen and oxygen atoms in total. The van der Waals surface area contributed by atoms with E-state index in [1.165, 1.54) is 11.3 Å². The molecule has 3 amide bonds. The van der Waals surface area contributed by atoms with Gasteiger partial charge in [0.15, 0.2) is 0 Å². The topological polar surface area (TPSA) is 108 Å². The first-order chi connectivity index (χ1) is 17.6. The predicted molar refractivity (Wildman–Crippen MR) is 142 cm³/mol. The number of carbonyl (C=O) groups is 3. The van der Waals surface area contributed by atoms with Gasteiger partial charge < -0.3 is 24.8 Å². The summed E-state index contributed by atoms with van der Waals surface area (Å²) < 4.78 is 5.43. The first kappa shape index (κ1) is 25.3. The van der Waals surface area contributed by atoms with Gasteiger partial charge in [-0.25, -0.2) is 9.78 Å². The van der Waals surface area contributed by atoms with Gasteiger partial charge in [0, 0.05) is 42.9 Å². The van der Waals surface area contributed by atoms with Gasteiger partial charge in [0.25, 0.3) is 5.91 Å². The van der Waals surface area contributed by atoms with Crippen molar-refractivity contribution in [3.05, 3.63) is 52.0 Å². The van der Waals surface area contributed by atoms with Crippen LogP contribution in [0.5, 0.6) is 0 Å². The lowest BCUT2D eigenvalue weighted by Gasteiger charge is -2.35. The van der Waals surface area contributed by atoms with Crippen molar-refractivity contribution in [3.63, 3.8) is 0 Å². The number of imidazole rings is 1. The number of aromatic nitrogens is 2. The molecule has 3 aromatic rings. The highest BCUT2D eigenvalue weighted by molar-refractivity contribution is 7.14. The molecule has 0 bridgehead atoms. The van der Waals surface area contributed by atoms with E-state index in [-0.39, 0.29) is 35.8 Å². The van der Waals surface area contributed by atoms with E-state index in [0.29, 0.717) is 31.1 Å². The molecule has 37 heavy (non-hydrogen) atoms. The van der Waals surface area contributed by atoms with Crippen LogP contribution < -0.4 is 5.32 Å². The molecule has 3 atom stereocenters. The molecule has 0 spiro atoms. The minimum atomic E-state index is -0.544. The highest BCUT2D eigenvalue weighted by Crippen LogP contribution is 2.47. The van der Waals surface area contributed by atoms with E-state index in [9.17, 15) is 14.4 Å². The zero-order valence-corrected chi connectivity index (χ0v) is 22.4. The number of benzene rings is 1. The molecule has 1 saturated heterocycles. The van der Waals surface area contributed by atoms with Crippen LogP contribution in [-0.4, -0.2) is 69.5 Å². The number of carbonyl (C=O) groups excluding carboxylic acids is 3. The molecule has 1 saturated carbocycles. The zero-order chi connectivity index (χ0) is 26.3. The van der Waals surface area contributed by atoms with Gasteiger partial charge in [0.2, 0.25) is 5.91 Å². The molecule has 0 radical (unpaired) electrons. The summed E-state index contributed by atoms with van der Waals surface area (Å²) in [6, 6.07) is 11.4. The Morgan fingerprint density at radius 1 is 1.08 bits per heavy atom. The molecule has 196 valence electrons. The van der Waals surface area contributed by atoms with Gasteiger partial charge in [0.1, 0.15) is 11.4 Å². The molecule has 1 aliphatic heterocycles. The number of thiophene rings is 1. The van der Waals surface area contributed by atoms with Gasteiger partial charge in [0.05, 0.1) is 22.0 Å². The summed E-state index contributed by atoms with van der Waals surface area (Å²) in [6.07, 6.45) is 0.433. The van der Waals surface area contributed by atoms with Crippen molar-refractivity contribution in [2.24, 2.45) is 5.92 Å². The number of piperazine rings is 1. The molecule has 1 aliphatic carbocycles. The van der Waals surface area contributed by atoms with E-state index in [1.807, 2.05) is 64.1 Å². The van der Waals surface area contributed by atoms with E-state index in [2.05, 4.69) is 15.3 Å². The van der Waals surface area contributed by atoms with E-state index < -0.39 is 5.60 Å². The van der Waals surface area contributed by atoms with Crippen molar-refractivity contribution in [2.45, 2.75) is 51.7 Å². The Labute approximate surface area is 220 Å². The van der Waals surface area contributed by atoms with Crippen molar-refractivity contribution in [2.75, 3.05) is 26.2 Å². The number of aromatic amines is 1. The number of fused-ring (bicyclic) bond motifs is 1. The number of H-pyrrole nitrogens is 1. The average Bonchev–Trinajstić information content (AvgIpc) is 3.30. The smallest absolute Gasteiger partial charge is 0.410 e. The van der Waals surface area contributed by atoms with Gasteiger partial charge in [-0.05, 0) is 58.4 Å². The number of hydrogen-bond acceptors (Lipinski definition) is 6. The van der Waals surface area contributed by atoms with Gasteiger partial charge in [-0.2, -0.15) is 0 Å². The Morgan fingerprint density at radius 3 is 2.49 bits per heavy atom. The summed E-state index contributed by atoms with van der Waals surface area (Å²) in [7, 11) is 0. The molecule has 5 rings (SSSR count). The number of ether oxygens (including phenoxy) is 1. The van der Waals surface area contributed by atoms with E-state index >= 15 is 0 Å². The number of rotatable bonds is 5. The average molecular weight is 524 g/mol. The van der Waals surface area contributed by atoms with Crippen LogP contribution in [0.1, 0.15) is 66.4 Å². The Morgan fingerprint density at radius 2 is 1.78 bits per heavy atom. The van der Waals surface area contributed by atoms with Crippen molar-refractivity contribution in [1.82, 2.24) is 25.1 Å². The lowest BCUT2D eigenvalue weighted by atomic mass is 10.2. The highest BCUT2D eigenvalue weighted by Gasteiger charge is 2.46. The van der Waals surface area contributed by atoms with Crippen molar-refractivity contribution in [3.8, 4) is 0 Å². The lowest BCUT2D eigenvalue weighted by Crippen LogP contribution is -2.51. The predicted octanol–water partition coefficient (Wildman–Crippen LogP) is 4.30. The summed E-state index contributed by atoms with van der Waals surface area (Å²) in [5.74, 6) is 0.845. The van der Waals surface area contributed by atoms with Gasteiger partial charge in [-0.15, -0.1) is 11.3 Å². The molecule has 2 fully saturated rings. The van der Waals surface area contributed by atoms with Gasteiger partial charge in [-0.3, -0.25) is 9.59 Å². The van der Waals surface area contributed by atoms with Crippen LogP contribution in [0, 0.1) is 5.92 Å². The fourth-order valence-corrected chi connectivity index (χ4v) is 5.58. The monoisotopic (exact) mass is 523 g/mol.